The standard InChI is InChI=1S/C14H21FN2O2S/c1-14(2)7-3-4-10(9-14)17-13-6-5-11(8-12(13)15)20(16,18)19/h5-6,8,10,17H,3-4,7,9H2,1-2H3,(H2,16,18,19). The lowest BCUT2D eigenvalue weighted by atomic mass is 9.75. The van der Waals surface area contributed by atoms with Crippen molar-refractivity contribution in [2.75, 3.05) is 5.32 Å². The number of primary sulfonamides is 1. The molecular weight excluding hydrogens is 279 g/mol. The maximum absolute atomic E-state index is 13.9. The first kappa shape index (κ1) is 15.3. The van der Waals surface area contributed by atoms with Gasteiger partial charge < -0.3 is 5.32 Å². The third-order valence-electron chi connectivity index (χ3n) is 3.83. The van der Waals surface area contributed by atoms with E-state index >= 15 is 0 Å². The molecule has 6 heteroatoms. The molecule has 4 nitrogen and oxygen atoms in total. The predicted molar refractivity (Wildman–Crippen MR) is 77.4 cm³/mol. The first-order valence-electron chi connectivity index (χ1n) is 6.76. The normalized spacial score (nSPS) is 22.5. The van der Waals surface area contributed by atoms with E-state index in [2.05, 4.69) is 19.2 Å². The monoisotopic (exact) mass is 300 g/mol. The molecule has 1 unspecified atom stereocenters. The highest BCUT2D eigenvalue weighted by atomic mass is 32.2. The second-order valence-electron chi connectivity index (χ2n) is 6.29. The summed E-state index contributed by atoms with van der Waals surface area (Å²) in [7, 11) is -3.86. The van der Waals surface area contributed by atoms with E-state index in [1.807, 2.05) is 0 Å². The molecule has 1 saturated carbocycles. The first-order chi connectivity index (χ1) is 9.17. The number of hydrogen-bond donors (Lipinski definition) is 2. The Labute approximate surface area is 119 Å². The van der Waals surface area contributed by atoms with Gasteiger partial charge in [-0.3, -0.25) is 0 Å². The molecule has 1 aliphatic carbocycles. The van der Waals surface area contributed by atoms with Crippen LogP contribution in [0.1, 0.15) is 39.5 Å². The minimum absolute atomic E-state index is 0.204. The lowest BCUT2D eigenvalue weighted by Crippen LogP contribution is -2.32. The Hall–Kier alpha value is -1.14. The highest BCUT2D eigenvalue weighted by Crippen LogP contribution is 2.36. The Bertz CT molecular complexity index is 599. The minimum atomic E-state index is -3.86. The van der Waals surface area contributed by atoms with Crippen molar-refractivity contribution in [3.63, 3.8) is 0 Å². The topological polar surface area (TPSA) is 72.2 Å². The Morgan fingerprint density at radius 3 is 2.65 bits per heavy atom. The molecule has 0 heterocycles. The fraction of sp³-hybridized carbons (Fsp3) is 0.571. The van der Waals surface area contributed by atoms with Crippen LogP contribution in [0.15, 0.2) is 23.1 Å². The molecule has 1 atom stereocenters. The lowest BCUT2D eigenvalue weighted by Gasteiger charge is -2.36. The quantitative estimate of drug-likeness (QED) is 0.901. The lowest BCUT2D eigenvalue weighted by molar-refractivity contribution is 0.229. The molecule has 3 N–H and O–H groups in total. The zero-order valence-corrected chi connectivity index (χ0v) is 12.6. The number of nitrogens with one attached hydrogen (secondary N) is 1. The summed E-state index contributed by atoms with van der Waals surface area (Å²) in [5.74, 6) is -0.583. The summed E-state index contributed by atoms with van der Waals surface area (Å²) in [4.78, 5) is -0.204. The number of rotatable bonds is 3. The van der Waals surface area contributed by atoms with Crippen LogP contribution in [-0.4, -0.2) is 14.5 Å². The maximum Gasteiger partial charge on any atom is 0.238 e. The molecule has 0 bridgehead atoms. The van der Waals surface area contributed by atoms with E-state index in [1.54, 1.807) is 0 Å². The Balaban J connectivity index is 2.14. The summed E-state index contributed by atoms with van der Waals surface area (Å²) in [6.07, 6.45) is 4.27. The third kappa shape index (κ3) is 3.70. The molecule has 20 heavy (non-hydrogen) atoms. The van der Waals surface area contributed by atoms with Gasteiger partial charge in [0.15, 0.2) is 0 Å². The van der Waals surface area contributed by atoms with Crippen molar-refractivity contribution in [1.82, 2.24) is 0 Å². The summed E-state index contributed by atoms with van der Waals surface area (Å²) in [6, 6.07) is 3.95. The van der Waals surface area contributed by atoms with Gasteiger partial charge in [-0.15, -0.1) is 0 Å². The van der Waals surface area contributed by atoms with Crippen molar-refractivity contribution in [1.29, 1.82) is 0 Å². The Morgan fingerprint density at radius 1 is 1.40 bits per heavy atom. The summed E-state index contributed by atoms with van der Waals surface area (Å²) in [6.45, 7) is 4.42. The van der Waals surface area contributed by atoms with Crippen LogP contribution in [0.3, 0.4) is 0 Å². The molecule has 0 aliphatic heterocycles. The second kappa shape index (κ2) is 5.33. The van der Waals surface area contributed by atoms with E-state index in [0.29, 0.717) is 5.69 Å². The van der Waals surface area contributed by atoms with Crippen LogP contribution in [0.5, 0.6) is 0 Å². The van der Waals surface area contributed by atoms with Crippen LogP contribution < -0.4 is 10.5 Å². The molecule has 0 amide bonds. The van der Waals surface area contributed by atoms with Gasteiger partial charge >= 0.3 is 0 Å². The van der Waals surface area contributed by atoms with E-state index in [0.717, 1.165) is 25.3 Å². The van der Waals surface area contributed by atoms with Gasteiger partial charge in [0.1, 0.15) is 5.82 Å². The molecule has 2 rings (SSSR count). The maximum atomic E-state index is 13.9. The number of sulfonamides is 1. The van der Waals surface area contributed by atoms with Gasteiger partial charge in [-0.2, -0.15) is 0 Å². The number of benzene rings is 1. The fourth-order valence-corrected chi connectivity index (χ4v) is 3.36. The van der Waals surface area contributed by atoms with Crippen LogP contribution in [0.4, 0.5) is 10.1 Å². The van der Waals surface area contributed by atoms with Gasteiger partial charge in [-0.1, -0.05) is 20.3 Å². The molecule has 1 aromatic rings. The van der Waals surface area contributed by atoms with E-state index < -0.39 is 15.8 Å². The first-order valence-corrected chi connectivity index (χ1v) is 8.31. The van der Waals surface area contributed by atoms with Gasteiger partial charge in [-0.05, 0) is 42.9 Å². The zero-order chi connectivity index (χ0) is 15.0. The minimum Gasteiger partial charge on any atom is -0.380 e. The third-order valence-corrected chi connectivity index (χ3v) is 4.74. The molecule has 0 radical (unpaired) electrons. The second-order valence-corrected chi connectivity index (χ2v) is 7.85. The summed E-state index contributed by atoms with van der Waals surface area (Å²) in [5, 5.41) is 8.15. The summed E-state index contributed by atoms with van der Waals surface area (Å²) < 4.78 is 36.3. The van der Waals surface area contributed by atoms with Crippen LogP contribution in [0.25, 0.3) is 0 Å². The molecule has 0 saturated heterocycles. The molecule has 1 fully saturated rings. The fourth-order valence-electron chi connectivity index (χ4n) is 2.83. The number of hydrogen-bond acceptors (Lipinski definition) is 3. The van der Waals surface area contributed by atoms with Crippen molar-refractivity contribution >= 4 is 15.7 Å². The van der Waals surface area contributed by atoms with Crippen molar-refractivity contribution in [2.24, 2.45) is 10.6 Å². The van der Waals surface area contributed by atoms with Crippen molar-refractivity contribution in [3.8, 4) is 0 Å². The predicted octanol–water partition coefficient (Wildman–Crippen LogP) is 2.85. The number of anilines is 1. The van der Waals surface area contributed by atoms with E-state index in [4.69, 9.17) is 5.14 Å². The molecule has 0 spiro atoms. The average molecular weight is 300 g/mol. The average Bonchev–Trinajstić information content (AvgIpc) is 2.29. The van der Waals surface area contributed by atoms with Crippen molar-refractivity contribution < 1.29 is 12.8 Å². The van der Waals surface area contributed by atoms with Gasteiger partial charge in [-0.25, -0.2) is 17.9 Å². The van der Waals surface area contributed by atoms with Gasteiger partial charge in [0.25, 0.3) is 0 Å². The molecular formula is C14H21FN2O2S. The van der Waals surface area contributed by atoms with Gasteiger partial charge in [0.05, 0.1) is 10.6 Å². The summed E-state index contributed by atoms with van der Waals surface area (Å²) >= 11 is 0. The number of nitrogens with two attached hydrogens (primary N) is 1. The molecule has 1 aliphatic rings. The van der Waals surface area contributed by atoms with Crippen molar-refractivity contribution in [3.05, 3.63) is 24.0 Å². The largest absolute Gasteiger partial charge is 0.380 e. The van der Waals surface area contributed by atoms with Crippen LogP contribution in [0.2, 0.25) is 0 Å². The van der Waals surface area contributed by atoms with E-state index in [1.165, 1.54) is 18.6 Å². The molecule has 1 aromatic carbocycles. The van der Waals surface area contributed by atoms with Crippen LogP contribution >= 0.6 is 0 Å². The zero-order valence-electron chi connectivity index (χ0n) is 11.8. The SMILES string of the molecule is CC1(C)CCCC(Nc2ccc(S(N)(=O)=O)cc2F)C1. The highest BCUT2D eigenvalue weighted by Gasteiger charge is 2.28. The van der Waals surface area contributed by atoms with Crippen LogP contribution in [-0.2, 0) is 10.0 Å². The Kier molecular flexibility index (Phi) is 4.07. The van der Waals surface area contributed by atoms with E-state index in [-0.39, 0.29) is 16.4 Å². The van der Waals surface area contributed by atoms with Crippen molar-refractivity contribution in [2.45, 2.75) is 50.5 Å². The Morgan fingerprint density at radius 2 is 2.10 bits per heavy atom. The molecule has 112 valence electrons. The smallest absolute Gasteiger partial charge is 0.238 e. The highest BCUT2D eigenvalue weighted by molar-refractivity contribution is 7.89. The number of halogens is 1. The molecule has 0 aromatic heterocycles. The van der Waals surface area contributed by atoms with Gasteiger partial charge in [0.2, 0.25) is 10.0 Å². The van der Waals surface area contributed by atoms with Crippen LogP contribution in [0, 0.1) is 11.2 Å². The van der Waals surface area contributed by atoms with E-state index in [9.17, 15) is 12.8 Å². The van der Waals surface area contributed by atoms with Gasteiger partial charge in [0, 0.05) is 6.04 Å². The summed E-state index contributed by atoms with van der Waals surface area (Å²) in [5.41, 5.74) is 0.590.